The molecule has 2 rings (SSSR count). The molecule has 2 aromatic rings. The predicted octanol–water partition coefficient (Wildman–Crippen LogP) is 3.12. The molecular weight excluding hydrogens is 371 g/mol. The minimum Gasteiger partial charge on any atom is -0.372 e. The number of guanidine groups is 1. The molecule has 1 aromatic heterocycles. The lowest BCUT2D eigenvalue weighted by Crippen LogP contribution is -2.37. The first-order valence-electron chi connectivity index (χ1n) is 9.00. The Bertz CT molecular complexity index is 786. The molecule has 0 atom stereocenters. The van der Waals surface area contributed by atoms with E-state index >= 15 is 0 Å². The number of aryl methyl sites for hydroxylation is 2. The smallest absolute Gasteiger partial charge is 0.372 e. The van der Waals surface area contributed by atoms with Crippen molar-refractivity contribution in [1.29, 1.82) is 0 Å². The number of benzene rings is 1. The van der Waals surface area contributed by atoms with E-state index in [1.54, 1.807) is 7.05 Å². The first kappa shape index (κ1) is 21.7. The summed E-state index contributed by atoms with van der Waals surface area (Å²) in [5, 5.41) is 10.8. The van der Waals surface area contributed by atoms with E-state index in [4.69, 9.17) is 0 Å². The second-order valence-electron chi connectivity index (χ2n) is 6.34. The number of rotatable bonds is 8. The zero-order chi connectivity index (χ0) is 20.6. The maximum Gasteiger partial charge on any atom is 0.411 e. The van der Waals surface area contributed by atoms with Gasteiger partial charge in [0, 0.05) is 32.4 Å². The summed E-state index contributed by atoms with van der Waals surface area (Å²) in [6.45, 7) is 3.75. The number of alkyl halides is 3. The summed E-state index contributed by atoms with van der Waals surface area (Å²) >= 11 is 0. The molecule has 0 saturated heterocycles. The van der Waals surface area contributed by atoms with Crippen molar-refractivity contribution >= 4 is 5.96 Å². The monoisotopic (exact) mass is 397 g/mol. The van der Waals surface area contributed by atoms with Crippen LogP contribution in [0.25, 0.3) is 5.69 Å². The van der Waals surface area contributed by atoms with Gasteiger partial charge < -0.3 is 15.4 Å². The van der Waals surface area contributed by atoms with Crippen molar-refractivity contribution in [2.45, 2.75) is 33.0 Å². The number of aliphatic imine (C=N–C) groups is 1. The fourth-order valence-electron chi connectivity index (χ4n) is 2.71. The van der Waals surface area contributed by atoms with Gasteiger partial charge in [-0.15, -0.1) is 0 Å². The molecule has 0 unspecified atom stereocenters. The Balaban J connectivity index is 1.85. The molecular formula is C19H26F3N5O. The standard InChI is InChI=1S/C19H26F3N5O/c1-14-11-15(2)27(26-14)17-8-5-4-7-16(17)12-25-18(23-3)24-9-6-10-28-13-19(20,21)22/h4-5,7-8,11H,6,9-10,12-13H2,1-3H3,(H2,23,24,25). The van der Waals surface area contributed by atoms with Crippen LogP contribution in [0.5, 0.6) is 0 Å². The number of halogens is 3. The highest BCUT2D eigenvalue weighted by molar-refractivity contribution is 5.79. The Labute approximate surface area is 162 Å². The van der Waals surface area contributed by atoms with Crippen molar-refractivity contribution < 1.29 is 17.9 Å². The van der Waals surface area contributed by atoms with Gasteiger partial charge in [-0.25, -0.2) is 4.68 Å². The van der Waals surface area contributed by atoms with E-state index in [2.05, 4.69) is 25.5 Å². The number of para-hydroxylation sites is 1. The number of hydrogen-bond acceptors (Lipinski definition) is 3. The molecule has 0 amide bonds. The van der Waals surface area contributed by atoms with Crippen LogP contribution in [-0.4, -0.2) is 48.7 Å². The maximum absolute atomic E-state index is 12.0. The lowest BCUT2D eigenvalue weighted by atomic mass is 10.1. The van der Waals surface area contributed by atoms with Gasteiger partial charge >= 0.3 is 6.18 Å². The lowest BCUT2D eigenvalue weighted by molar-refractivity contribution is -0.173. The molecule has 154 valence electrons. The van der Waals surface area contributed by atoms with Gasteiger partial charge in [0.05, 0.1) is 11.4 Å². The van der Waals surface area contributed by atoms with Crippen molar-refractivity contribution in [3.05, 3.63) is 47.3 Å². The van der Waals surface area contributed by atoms with Crippen LogP contribution in [0.2, 0.25) is 0 Å². The number of nitrogens with zero attached hydrogens (tertiary/aromatic N) is 3. The Morgan fingerprint density at radius 2 is 1.96 bits per heavy atom. The molecule has 0 bridgehead atoms. The molecule has 0 aliphatic carbocycles. The number of hydrogen-bond donors (Lipinski definition) is 2. The maximum atomic E-state index is 12.0. The van der Waals surface area contributed by atoms with Crippen molar-refractivity contribution in [2.75, 3.05) is 26.8 Å². The summed E-state index contributed by atoms with van der Waals surface area (Å²) in [4.78, 5) is 4.14. The molecule has 0 aliphatic heterocycles. The van der Waals surface area contributed by atoms with Crippen molar-refractivity contribution in [3.63, 3.8) is 0 Å². The van der Waals surface area contributed by atoms with Gasteiger partial charge in [0.1, 0.15) is 6.61 Å². The lowest BCUT2D eigenvalue weighted by Gasteiger charge is -2.15. The fourth-order valence-corrected chi connectivity index (χ4v) is 2.71. The Hall–Kier alpha value is -2.55. The molecule has 6 nitrogen and oxygen atoms in total. The van der Waals surface area contributed by atoms with E-state index in [9.17, 15) is 13.2 Å². The SMILES string of the molecule is CN=C(NCCCOCC(F)(F)F)NCc1ccccc1-n1nc(C)cc1C. The second kappa shape index (κ2) is 10.1. The van der Waals surface area contributed by atoms with Crippen LogP contribution >= 0.6 is 0 Å². The number of aromatic nitrogens is 2. The third-order valence-electron chi connectivity index (χ3n) is 3.92. The summed E-state index contributed by atoms with van der Waals surface area (Å²) in [6.07, 6.45) is -3.84. The normalized spacial score (nSPS) is 12.3. The summed E-state index contributed by atoms with van der Waals surface area (Å²) in [5.41, 5.74) is 4.03. The average molecular weight is 397 g/mol. The Morgan fingerprint density at radius 3 is 2.61 bits per heavy atom. The average Bonchev–Trinajstić information content (AvgIpc) is 2.98. The minimum absolute atomic E-state index is 0.0320. The van der Waals surface area contributed by atoms with E-state index in [-0.39, 0.29) is 6.61 Å². The third kappa shape index (κ3) is 6.88. The molecule has 0 aliphatic rings. The highest BCUT2D eigenvalue weighted by atomic mass is 19.4. The molecule has 2 N–H and O–H groups in total. The van der Waals surface area contributed by atoms with Gasteiger partial charge in [-0.2, -0.15) is 18.3 Å². The van der Waals surface area contributed by atoms with Crippen molar-refractivity contribution in [2.24, 2.45) is 4.99 Å². The zero-order valence-corrected chi connectivity index (χ0v) is 16.3. The van der Waals surface area contributed by atoms with Crippen LogP contribution in [0.4, 0.5) is 13.2 Å². The molecule has 1 aromatic carbocycles. The molecule has 9 heteroatoms. The topological polar surface area (TPSA) is 63.5 Å². The van der Waals surface area contributed by atoms with Gasteiger partial charge in [0.15, 0.2) is 5.96 Å². The number of nitrogens with one attached hydrogen (secondary N) is 2. The van der Waals surface area contributed by atoms with Crippen molar-refractivity contribution in [3.8, 4) is 5.69 Å². The summed E-state index contributed by atoms with van der Waals surface area (Å²) < 4.78 is 42.5. The second-order valence-corrected chi connectivity index (χ2v) is 6.34. The Morgan fingerprint density at radius 1 is 1.21 bits per heavy atom. The largest absolute Gasteiger partial charge is 0.411 e. The van der Waals surface area contributed by atoms with E-state index in [0.29, 0.717) is 25.5 Å². The minimum atomic E-state index is -4.29. The van der Waals surface area contributed by atoms with Gasteiger partial charge in [-0.05, 0) is 38.0 Å². The van der Waals surface area contributed by atoms with Gasteiger partial charge in [-0.3, -0.25) is 4.99 Å². The first-order valence-corrected chi connectivity index (χ1v) is 9.00. The van der Waals surface area contributed by atoms with Crippen LogP contribution in [0.3, 0.4) is 0 Å². The quantitative estimate of drug-likeness (QED) is 0.408. The fraction of sp³-hybridized carbons (Fsp3) is 0.474. The van der Waals surface area contributed by atoms with Gasteiger partial charge in [-0.1, -0.05) is 18.2 Å². The van der Waals surface area contributed by atoms with E-state index in [1.807, 2.05) is 48.9 Å². The highest BCUT2D eigenvalue weighted by Gasteiger charge is 2.27. The molecule has 0 radical (unpaired) electrons. The van der Waals surface area contributed by atoms with Crippen LogP contribution in [0, 0.1) is 13.8 Å². The summed E-state index contributed by atoms with van der Waals surface area (Å²) in [5.74, 6) is 0.569. The highest BCUT2D eigenvalue weighted by Crippen LogP contribution is 2.17. The van der Waals surface area contributed by atoms with Crippen molar-refractivity contribution in [1.82, 2.24) is 20.4 Å². The van der Waals surface area contributed by atoms with Crippen LogP contribution in [-0.2, 0) is 11.3 Å². The predicted molar refractivity (Wildman–Crippen MR) is 103 cm³/mol. The van der Waals surface area contributed by atoms with E-state index in [1.165, 1.54) is 0 Å². The van der Waals surface area contributed by atoms with Crippen LogP contribution in [0.15, 0.2) is 35.3 Å². The molecule has 1 heterocycles. The summed E-state index contributed by atoms with van der Waals surface area (Å²) in [7, 11) is 1.64. The van der Waals surface area contributed by atoms with Crippen LogP contribution < -0.4 is 10.6 Å². The zero-order valence-electron chi connectivity index (χ0n) is 16.3. The first-order chi connectivity index (χ1) is 13.3. The third-order valence-corrected chi connectivity index (χ3v) is 3.92. The van der Waals surface area contributed by atoms with E-state index in [0.717, 1.165) is 22.6 Å². The van der Waals surface area contributed by atoms with E-state index < -0.39 is 12.8 Å². The van der Waals surface area contributed by atoms with Crippen LogP contribution in [0.1, 0.15) is 23.4 Å². The summed E-state index contributed by atoms with van der Waals surface area (Å²) in [6, 6.07) is 9.96. The molecule has 0 fully saturated rings. The number of ether oxygens (including phenoxy) is 1. The van der Waals surface area contributed by atoms with Gasteiger partial charge in [0.25, 0.3) is 0 Å². The Kier molecular flexibility index (Phi) is 7.86. The molecule has 0 saturated carbocycles. The molecule has 0 spiro atoms. The van der Waals surface area contributed by atoms with Gasteiger partial charge in [0.2, 0.25) is 0 Å². The molecule has 28 heavy (non-hydrogen) atoms.